The highest BCUT2D eigenvalue weighted by Crippen LogP contribution is 2.26. The minimum absolute atomic E-state index is 0.0822. The highest BCUT2D eigenvalue weighted by molar-refractivity contribution is 7.92. The number of hydrogen-bond acceptors (Lipinski definition) is 4. The Hall–Kier alpha value is -2.61. The van der Waals surface area contributed by atoms with Crippen LogP contribution in [0.3, 0.4) is 0 Å². The molecule has 1 saturated carbocycles. The summed E-state index contributed by atoms with van der Waals surface area (Å²) >= 11 is 0. The second-order valence-corrected chi connectivity index (χ2v) is 8.57. The molecule has 1 N–H and O–H groups in total. The molecule has 28 heavy (non-hydrogen) atoms. The third-order valence-corrected chi connectivity index (χ3v) is 6.56. The molecule has 0 bridgehead atoms. The Balaban J connectivity index is 1.90. The Bertz CT molecular complexity index is 908. The van der Waals surface area contributed by atoms with E-state index in [4.69, 9.17) is 4.74 Å². The van der Waals surface area contributed by atoms with Gasteiger partial charge >= 0.3 is 0 Å². The molecular weight excluding hydrogens is 383 g/mol. The van der Waals surface area contributed by atoms with Crippen molar-refractivity contribution in [3.05, 3.63) is 54.3 Å². The summed E-state index contributed by atoms with van der Waals surface area (Å²) in [6.45, 7) is -0.359. The monoisotopic (exact) mass is 406 g/mol. The van der Waals surface area contributed by atoms with Crippen LogP contribution in [0.2, 0.25) is 0 Å². The van der Waals surface area contributed by atoms with Gasteiger partial charge in [-0.25, -0.2) is 12.8 Å². The van der Waals surface area contributed by atoms with Crippen molar-refractivity contribution in [2.24, 2.45) is 0 Å². The molecule has 0 aliphatic heterocycles. The van der Waals surface area contributed by atoms with Gasteiger partial charge in [0.25, 0.3) is 10.0 Å². The Morgan fingerprint density at radius 3 is 2.29 bits per heavy atom. The molecule has 1 aliphatic carbocycles. The van der Waals surface area contributed by atoms with Crippen LogP contribution in [-0.4, -0.2) is 34.0 Å². The highest BCUT2D eigenvalue weighted by atomic mass is 32.2. The zero-order chi connectivity index (χ0) is 20.1. The molecule has 0 atom stereocenters. The van der Waals surface area contributed by atoms with Crippen LogP contribution in [-0.2, 0) is 14.8 Å². The normalized spacial score (nSPS) is 14.6. The molecule has 2 aromatic rings. The molecule has 1 fully saturated rings. The lowest BCUT2D eigenvalue weighted by Gasteiger charge is -2.25. The highest BCUT2D eigenvalue weighted by Gasteiger charge is 2.28. The van der Waals surface area contributed by atoms with Gasteiger partial charge in [-0.1, -0.05) is 12.8 Å². The third-order valence-electron chi connectivity index (χ3n) is 4.77. The van der Waals surface area contributed by atoms with Crippen LogP contribution < -0.4 is 14.4 Å². The van der Waals surface area contributed by atoms with Crippen molar-refractivity contribution >= 4 is 21.6 Å². The minimum Gasteiger partial charge on any atom is -0.497 e. The van der Waals surface area contributed by atoms with Crippen molar-refractivity contribution in [1.82, 2.24) is 5.32 Å². The molecule has 0 spiro atoms. The topological polar surface area (TPSA) is 75.7 Å². The summed E-state index contributed by atoms with van der Waals surface area (Å²) in [6.07, 6.45) is 3.92. The van der Waals surface area contributed by atoms with Gasteiger partial charge in [-0.15, -0.1) is 0 Å². The number of nitrogens with one attached hydrogen (secondary N) is 1. The molecule has 1 aliphatic rings. The van der Waals surface area contributed by atoms with E-state index >= 15 is 0 Å². The third kappa shape index (κ3) is 4.62. The van der Waals surface area contributed by atoms with Crippen LogP contribution in [0.25, 0.3) is 0 Å². The van der Waals surface area contributed by atoms with Gasteiger partial charge in [-0.2, -0.15) is 0 Å². The van der Waals surface area contributed by atoms with Crippen molar-refractivity contribution in [2.75, 3.05) is 18.0 Å². The van der Waals surface area contributed by atoms with Crippen LogP contribution in [0.5, 0.6) is 5.75 Å². The Kier molecular flexibility index (Phi) is 6.18. The maximum Gasteiger partial charge on any atom is 0.264 e. The van der Waals surface area contributed by atoms with E-state index < -0.39 is 15.8 Å². The summed E-state index contributed by atoms with van der Waals surface area (Å²) in [4.78, 5) is 12.5. The number of sulfonamides is 1. The summed E-state index contributed by atoms with van der Waals surface area (Å²) in [5, 5.41) is 2.90. The summed E-state index contributed by atoms with van der Waals surface area (Å²) < 4.78 is 45.7. The van der Waals surface area contributed by atoms with E-state index in [-0.39, 0.29) is 23.4 Å². The zero-order valence-corrected chi connectivity index (χ0v) is 16.4. The summed E-state index contributed by atoms with van der Waals surface area (Å²) in [5.41, 5.74) is 0.326. The van der Waals surface area contributed by atoms with E-state index in [1.54, 1.807) is 24.3 Å². The number of carbonyl (C=O) groups excluding carboxylic acids is 1. The van der Waals surface area contributed by atoms with Crippen molar-refractivity contribution < 1.29 is 22.3 Å². The molecule has 1 amide bonds. The van der Waals surface area contributed by atoms with E-state index in [9.17, 15) is 17.6 Å². The molecule has 0 radical (unpaired) electrons. The molecule has 0 unspecified atom stereocenters. The standard InChI is InChI=1S/C20H23FN2O4S/c1-27-18-10-8-17(9-11-18)23(14-20(24)22-16-4-2-3-5-16)28(25,26)19-12-6-15(21)7-13-19/h6-13,16H,2-5,14H2,1H3,(H,22,24). The first-order chi connectivity index (χ1) is 13.4. The van der Waals surface area contributed by atoms with Crippen LogP contribution in [0.15, 0.2) is 53.4 Å². The van der Waals surface area contributed by atoms with E-state index in [0.29, 0.717) is 11.4 Å². The number of hydrogen-bond donors (Lipinski definition) is 1. The van der Waals surface area contributed by atoms with Crippen LogP contribution >= 0.6 is 0 Å². The number of ether oxygens (including phenoxy) is 1. The fourth-order valence-corrected chi connectivity index (χ4v) is 4.69. The predicted octanol–water partition coefficient (Wildman–Crippen LogP) is 3.09. The average molecular weight is 406 g/mol. The maximum absolute atomic E-state index is 13.2. The molecular formula is C20H23FN2O4S. The molecule has 150 valence electrons. The average Bonchev–Trinajstić information content (AvgIpc) is 3.19. The second kappa shape index (κ2) is 8.60. The summed E-state index contributed by atoms with van der Waals surface area (Å²) in [5.74, 6) is -0.333. The fraction of sp³-hybridized carbons (Fsp3) is 0.350. The van der Waals surface area contributed by atoms with Gasteiger partial charge < -0.3 is 10.1 Å². The molecule has 2 aromatic carbocycles. The van der Waals surface area contributed by atoms with Gasteiger partial charge in [-0.05, 0) is 61.4 Å². The number of benzene rings is 2. The smallest absolute Gasteiger partial charge is 0.264 e. The van der Waals surface area contributed by atoms with Crippen LogP contribution in [0.4, 0.5) is 10.1 Å². The van der Waals surface area contributed by atoms with Gasteiger partial charge in [0.1, 0.15) is 18.1 Å². The Labute approximate surface area is 164 Å². The minimum atomic E-state index is -4.05. The Morgan fingerprint density at radius 1 is 1.11 bits per heavy atom. The number of rotatable bonds is 7. The predicted molar refractivity (Wildman–Crippen MR) is 104 cm³/mol. The first-order valence-electron chi connectivity index (χ1n) is 9.12. The zero-order valence-electron chi connectivity index (χ0n) is 15.6. The van der Waals surface area contributed by atoms with E-state index in [1.807, 2.05) is 0 Å². The SMILES string of the molecule is COc1ccc(N(CC(=O)NC2CCCC2)S(=O)(=O)c2ccc(F)cc2)cc1. The largest absolute Gasteiger partial charge is 0.497 e. The number of amides is 1. The van der Waals surface area contributed by atoms with Crippen molar-refractivity contribution in [3.8, 4) is 5.75 Å². The summed E-state index contributed by atoms with van der Waals surface area (Å²) in [7, 11) is -2.54. The van der Waals surface area contributed by atoms with Crippen molar-refractivity contribution in [2.45, 2.75) is 36.6 Å². The fourth-order valence-electron chi connectivity index (χ4n) is 3.27. The van der Waals surface area contributed by atoms with Crippen LogP contribution in [0.1, 0.15) is 25.7 Å². The van der Waals surface area contributed by atoms with Crippen LogP contribution in [0, 0.1) is 5.82 Å². The number of halogens is 1. The quantitative estimate of drug-likeness (QED) is 0.767. The van der Waals surface area contributed by atoms with E-state index in [1.165, 1.54) is 19.2 Å². The maximum atomic E-state index is 13.2. The second-order valence-electron chi connectivity index (χ2n) is 6.71. The lowest BCUT2D eigenvalue weighted by Crippen LogP contribution is -2.43. The molecule has 6 nitrogen and oxygen atoms in total. The first kappa shape index (κ1) is 20.1. The molecule has 3 rings (SSSR count). The molecule has 0 saturated heterocycles. The lowest BCUT2D eigenvalue weighted by molar-refractivity contribution is -0.120. The number of methoxy groups -OCH3 is 1. The van der Waals surface area contributed by atoms with Gasteiger partial charge in [0.05, 0.1) is 17.7 Å². The van der Waals surface area contributed by atoms with Crippen molar-refractivity contribution in [1.29, 1.82) is 0 Å². The molecule has 8 heteroatoms. The van der Waals surface area contributed by atoms with Gasteiger partial charge in [0, 0.05) is 6.04 Å². The summed E-state index contributed by atoms with van der Waals surface area (Å²) in [6, 6.07) is 11.0. The van der Waals surface area contributed by atoms with Crippen molar-refractivity contribution in [3.63, 3.8) is 0 Å². The molecule has 0 aromatic heterocycles. The Morgan fingerprint density at radius 2 is 1.71 bits per heavy atom. The van der Waals surface area contributed by atoms with Gasteiger partial charge in [0.2, 0.25) is 5.91 Å². The number of carbonyl (C=O) groups is 1. The molecule has 0 heterocycles. The van der Waals surface area contributed by atoms with Gasteiger partial charge in [-0.3, -0.25) is 9.10 Å². The van der Waals surface area contributed by atoms with E-state index in [2.05, 4.69) is 5.32 Å². The number of anilines is 1. The van der Waals surface area contributed by atoms with E-state index in [0.717, 1.165) is 42.1 Å². The first-order valence-corrected chi connectivity index (χ1v) is 10.6. The number of nitrogens with zero attached hydrogens (tertiary/aromatic N) is 1. The van der Waals surface area contributed by atoms with Gasteiger partial charge in [0.15, 0.2) is 0 Å². The lowest BCUT2D eigenvalue weighted by atomic mass is 10.2.